The molecule has 0 spiro atoms. The maximum Gasteiger partial charge on any atom is 0.207 e. The number of thioether (sulfide) groups is 1. The van der Waals surface area contributed by atoms with Crippen LogP contribution in [0.2, 0.25) is 9.49 Å². The number of hydrogen-bond acceptors (Lipinski definition) is 4. The predicted octanol–water partition coefficient (Wildman–Crippen LogP) is 4.14. The third-order valence-corrected chi connectivity index (χ3v) is 4.36. The van der Waals surface area contributed by atoms with Crippen molar-refractivity contribution in [3.63, 3.8) is 0 Å². The van der Waals surface area contributed by atoms with E-state index in [1.165, 1.54) is 11.3 Å². The van der Waals surface area contributed by atoms with Gasteiger partial charge in [0.2, 0.25) is 4.47 Å². The van der Waals surface area contributed by atoms with Crippen molar-refractivity contribution >= 4 is 46.3 Å². The van der Waals surface area contributed by atoms with Crippen LogP contribution in [-0.2, 0) is 5.75 Å². The van der Waals surface area contributed by atoms with Gasteiger partial charge in [-0.1, -0.05) is 35.1 Å². The molecule has 15 heavy (non-hydrogen) atoms. The fourth-order valence-electron chi connectivity index (χ4n) is 0.993. The van der Waals surface area contributed by atoms with Crippen LogP contribution in [0.5, 0.6) is 0 Å². The highest BCUT2D eigenvalue weighted by Crippen LogP contribution is 2.30. The Kier molecular flexibility index (Phi) is 3.86. The Balaban J connectivity index is 2.02. The fourth-order valence-corrected chi connectivity index (χ4v) is 3.08. The third kappa shape index (κ3) is 3.08. The molecule has 0 saturated heterocycles. The van der Waals surface area contributed by atoms with Crippen LogP contribution in [0.25, 0.3) is 0 Å². The normalized spacial score (nSPS) is 10.5. The van der Waals surface area contributed by atoms with Crippen LogP contribution in [0, 0.1) is 0 Å². The number of hydrogen-bond donors (Lipinski definition) is 0. The van der Waals surface area contributed by atoms with Crippen molar-refractivity contribution in [1.29, 1.82) is 0 Å². The number of halogens is 2. The molecule has 0 fully saturated rings. The van der Waals surface area contributed by atoms with Gasteiger partial charge in [0.1, 0.15) is 5.01 Å². The predicted molar refractivity (Wildman–Crippen MR) is 65.9 cm³/mol. The lowest BCUT2D eigenvalue weighted by Crippen LogP contribution is -1.79. The summed E-state index contributed by atoms with van der Waals surface area (Å²) in [5, 5.41) is 9.34. The summed E-state index contributed by atoms with van der Waals surface area (Å²) in [5.41, 5.74) is 0. The first-order chi connectivity index (χ1) is 7.25. The standard InChI is InChI=1S/C9H6Cl2N2S2/c10-6-3-1-2-4-7(6)14-5-8-12-13-9(11)15-8/h1-4H,5H2. The molecule has 2 rings (SSSR count). The van der Waals surface area contributed by atoms with E-state index in [1.54, 1.807) is 11.8 Å². The average Bonchev–Trinajstić information content (AvgIpc) is 2.63. The zero-order chi connectivity index (χ0) is 10.7. The number of aromatic nitrogens is 2. The minimum Gasteiger partial charge on any atom is -0.141 e. The quantitative estimate of drug-likeness (QED) is 0.789. The van der Waals surface area contributed by atoms with Gasteiger partial charge in [0.25, 0.3) is 0 Å². The molecule has 2 nitrogen and oxygen atoms in total. The van der Waals surface area contributed by atoms with Gasteiger partial charge in [-0.15, -0.1) is 22.0 Å². The number of rotatable bonds is 3. The highest BCUT2D eigenvalue weighted by Gasteiger charge is 2.04. The fraction of sp³-hybridized carbons (Fsp3) is 0.111. The zero-order valence-electron chi connectivity index (χ0n) is 7.48. The summed E-state index contributed by atoms with van der Waals surface area (Å²) in [7, 11) is 0. The van der Waals surface area contributed by atoms with Gasteiger partial charge in [0.05, 0.1) is 10.8 Å². The molecule has 0 bridgehead atoms. The molecule has 78 valence electrons. The Morgan fingerprint density at radius 3 is 2.67 bits per heavy atom. The lowest BCUT2D eigenvalue weighted by atomic mass is 10.4. The zero-order valence-corrected chi connectivity index (χ0v) is 10.6. The summed E-state index contributed by atoms with van der Waals surface area (Å²) in [6.07, 6.45) is 0. The molecule has 0 atom stereocenters. The summed E-state index contributed by atoms with van der Waals surface area (Å²) in [6, 6.07) is 7.72. The van der Waals surface area contributed by atoms with E-state index in [-0.39, 0.29) is 0 Å². The van der Waals surface area contributed by atoms with Crippen LogP contribution in [-0.4, -0.2) is 10.2 Å². The maximum atomic E-state index is 6.02. The molecule has 1 heterocycles. The van der Waals surface area contributed by atoms with Crippen molar-refractivity contribution in [2.45, 2.75) is 10.6 Å². The van der Waals surface area contributed by atoms with Crippen molar-refractivity contribution in [2.75, 3.05) is 0 Å². The van der Waals surface area contributed by atoms with Crippen LogP contribution in [0.1, 0.15) is 5.01 Å². The molecule has 1 aromatic carbocycles. The summed E-state index contributed by atoms with van der Waals surface area (Å²) < 4.78 is 0.477. The van der Waals surface area contributed by atoms with Crippen molar-refractivity contribution in [3.8, 4) is 0 Å². The van der Waals surface area contributed by atoms with Crippen molar-refractivity contribution in [3.05, 3.63) is 38.8 Å². The first-order valence-electron chi connectivity index (χ1n) is 4.11. The Bertz CT molecular complexity index is 459. The highest BCUT2D eigenvalue weighted by atomic mass is 35.5. The second kappa shape index (κ2) is 5.16. The SMILES string of the molecule is Clc1nnc(CSc2ccccc2Cl)s1. The molecule has 0 aliphatic carbocycles. The lowest BCUT2D eigenvalue weighted by Gasteiger charge is -2.00. The van der Waals surface area contributed by atoms with Gasteiger partial charge < -0.3 is 0 Å². The highest BCUT2D eigenvalue weighted by molar-refractivity contribution is 7.98. The molecule has 0 N–H and O–H groups in total. The van der Waals surface area contributed by atoms with Gasteiger partial charge in [0.15, 0.2) is 0 Å². The van der Waals surface area contributed by atoms with Gasteiger partial charge in [-0.2, -0.15) is 0 Å². The van der Waals surface area contributed by atoms with E-state index in [0.717, 1.165) is 20.7 Å². The molecule has 0 radical (unpaired) electrons. The van der Waals surface area contributed by atoms with E-state index in [2.05, 4.69) is 10.2 Å². The molecule has 6 heteroatoms. The van der Waals surface area contributed by atoms with Gasteiger partial charge in [-0.25, -0.2) is 0 Å². The molecule has 0 saturated carbocycles. The third-order valence-electron chi connectivity index (χ3n) is 1.63. The topological polar surface area (TPSA) is 25.8 Å². The Hall–Kier alpha value is -0.290. The Labute approximate surface area is 106 Å². The number of benzene rings is 1. The molecule has 0 aliphatic heterocycles. The second-order valence-electron chi connectivity index (χ2n) is 2.67. The lowest BCUT2D eigenvalue weighted by molar-refractivity contribution is 1.04. The molecule has 1 aromatic heterocycles. The molecule has 0 unspecified atom stereocenters. The van der Waals surface area contributed by atoms with E-state index in [1.807, 2.05) is 24.3 Å². The first-order valence-corrected chi connectivity index (χ1v) is 6.67. The van der Waals surface area contributed by atoms with E-state index >= 15 is 0 Å². The molecule has 2 aromatic rings. The van der Waals surface area contributed by atoms with Crippen molar-refractivity contribution in [2.24, 2.45) is 0 Å². The maximum absolute atomic E-state index is 6.02. The van der Waals surface area contributed by atoms with Crippen molar-refractivity contribution < 1.29 is 0 Å². The van der Waals surface area contributed by atoms with Crippen LogP contribution in [0.3, 0.4) is 0 Å². The van der Waals surface area contributed by atoms with E-state index in [4.69, 9.17) is 23.2 Å². The minimum absolute atomic E-state index is 0.477. The average molecular weight is 277 g/mol. The van der Waals surface area contributed by atoms with Crippen LogP contribution in [0.15, 0.2) is 29.2 Å². The first kappa shape index (κ1) is 11.2. The van der Waals surface area contributed by atoms with Gasteiger partial charge in [-0.3, -0.25) is 0 Å². The molecular formula is C9H6Cl2N2S2. The van der Waals surface area contributed by atoms with Crippen LogP contribution < -0.4 is 0 Å². The Morgan fingerprint density at radius 2 is 2.00 bits per heavy atom. The van der Waals surface area contributed by atoms with Gasteiger partial charge in [-0.05, 0) is 23.7 Å². The van der Waals surface area contributed by atoms with Gasteiger partial charge >= 0.3 is 0 Å². The summed E-state index contributed by atoms with van der Waals surface area (Å²) >= 11 is 14.7. The summed E-state index contributed by atoms with van der Waals surface area (Å²) in [6.45, 7) is 0. The minimum atomic E-state index is 0.477. The van der Waals surface area contributed by atoms with E-state index < -0.39 is 0 Å². The van der Waals surface area contributed by atoms with Crippen LogP contribution >= 0.6 is 46.3 Å². The van der Waals surface area contributed by atoms with E-state index in [0.29, 0.717) is 4.47 Å². The van der Waals surface area contributed by atoms with Crippen LogP contribution in [0.4, 0.5) is 0 Å². The van der Waals surface area contributed by atoms with Crippen molar-refractivity contribution in [1.82, 2.24) is 10.2 Å². The molecular weight excluding hydrogens is 271 g/mol. The van der Waals surface area contributed by atoms with E-state index in [9.17, 15) is 0 Å². The Morgan fingerprint density at radius 1 is 1.20 bits per heavy atom. The second-order valence-corrected chi connectivity index (χ2v) is 5.74. The monoisotopic (exact) mass is 276 g/mol. The summed E-state index contributed by atoms with van der Waals surface area (Å²) in [5.74, 6) is 0.744. The summed E-state index contributed by atoms with van der Waals surface area (Å²) in [4.78, 5) is 1.05. The smallest absolute Gasteiger partial charge is 0.141 e. The largest absolute Gasteiger partial charge is 0.207 e. The van der Waals surface area contributed by atoms with Gasteiger partial charge in [0, 0.05) is 4.90 Å². The molecule has 0 amide bonds. The number of nitrogens with zero attached hydrogens (tertiary/aromatic N) is 2. The molecule has 0 aliphatic rings.